The normalized spacial score (nSPS) is 18.9. The Kier molecular flexibility index (Phi) is 3.51. The third kappa shape index (κ3) is 2.99. The van der Waals surface area contributed by atoms with Crippen LogP contribution in [0.25, 0.3) is 16.7 Å². The molecule has 11 heteroatoms. The molecule has 0 unspecified atom stereocenters. The summed E-state index contributed by atoms with van der Waals surface area (Å²) < 4.78 is 31.6. The number of aromatic nitrogens is 6. The Morgan fingerprint density at radius 1 is 1.37 bits per heavy atom. The van der Waals surface area contributed by atoms with Crippen molar-refractivity contribution in [3.63, 3.8) is 0 Å². The number of ether oxygens (including phenoxy) is 1. The van der Waals surface area contributed by atoms with Crippen molar-refractivity contribution in [1.29, 1.82) is 0 Å². The SMILES string of the molecule is [2H]C([2H])([2H])n1nnc2c3cc(cc21)COC[C@@H](C)NC(=O)c1cnn2c(NC)cc(nc12)N3. The lowest BCUT2D eigenvalue weighted by Crippen LogP contribution is -2.35. The molecule has 3 N–H and O–H groups in total. The standard InChI is InChI=1S/C19H21N9O2/c1-10-8-30-9-11-4-13(17-14(5-11)27(3)26-25-17)23-15-6-16(20-2)28-18(24-15)12(7-21-28)19(29)22-10/h4-7,10,20H,8-9H2,1-3H3,(H,22,29)(H,23,24)/t10-/m1/s1/i3D3. The molecule has 3 aromatic heterocycles. The van der Waals surface area contributed by atoms with Crippen LogP contribution in [-0.2, 0) is 18.3 Å². The molecule has 4 heterocycles. The summed E-state index contributed by atoms with van der Waals surface area (Å²) in [5.74, 6) is 0.698. The molecule has 0 fully saturated rings. The molecule has 0 spiro atoms. The lowest BCUT2D eigenvalue weighted by Gasteiger charge is -2.16. The summed E-state index contributed by atoms with van der Waals surface area (Å²) in [6, 6.07) is 4.95. The Labute approximate surface area is 175 Å². The van der Waals surface area contributed by atoms with Crippen LogP contribution < -0.4 is 16.0 Å². The van der Waals surface area contributed by atoms with Crippen molar-refractivity contribution < 1.29 is 13.6 Å². The van der Waals surface area contributed by atoms with E-state index in [2.05, 4.69) is 36.3 Å². The Morgan fingerprint density at radius 2 is 2.27 bits per heavy atom. The third-order valence-electron chi connectivity index (χ3n) is 4.86. The number of hydrogen-bond donors (Lipinski definition) is 3. The van der Waals surface area contributed by atoms with Crippen molar-refractivity contribution in [2.45, 2.75) is 19.6 Å². The van der Waals surface area contributed by atoms with Gasteiger partial charge in [-0.1, -0.05) is 5.21 Å². The highest BCUT2D eigenvalue weighted by molar-refractivity contribution is 6.00. The van der Waals surface area contributed by atoms with E-state index in [9.17, 15) is 4.79 Å². The molecule has 0 radical (unpaired) electrons. The van der Waals surface area contributed by atoms with E-state index in [0.717, 1.165) is 4.68 Å². The molecule has 11 nitrogen and oxygen atoms in total. The molecule has 4 aromatic rings. The maximum Gasteiger partial charge on any atom is 0.257 e. The van der Waals surface area contributed by atoms with Crippen LogP contribution >= 0.6 is 0 Å². The summed E-state index contributed by atoms with van der Waals surface area (Å²) in [5.41, 5.74) is 2.60. The van der Waals surface area contributed by atoms with Gasteiger partial charge in [-0.3, -0.25) is 4.79 Å². The summed E-state index contributed by atoms with van der Waals surface area (Å²) in [5, 5.41) is 21.4. The Bertz CT molecular complexity index is 1380. The zero-order valence-electron chi connectivity index (χ0n) is 19.3. The number of nitrogens with one attached hydrogen (secondary N) is 3. The van der Waals surface area contributed by atoms with Crippen molar-refractivity contribution in [3.8, 4) is 0 Å². The van der Waals surface area contributed by atoms with Gasteiger partial charge in [0.25, 0.3) is 5.91 Å². The van der Waals surface area contributed by atoms with Crippen LogP contribution in [0.4, 0.5) is 17.3 Å². The quantitative estimate of drug-likeness (QED) is 0.431. The van der Waals surface area contributed by atoms with Gasteiger partial charge >= 0.3 is 0 Å². The lowest BCUT2D eigenvalue weighted by molar-refractivity contribution is 0.0821. The molecule has 0 saturated carbocycles. The molecule has 0 saturated heterocycles. The van der Waals surface area contributed by atoms with Crippen LogP contribution in [0, 0.1) is 0 Å². The molecule has 1 aliphatic heterocycles. The number of benzene rings is 1. The molecule has 1 atom stereocenters. The van der Waals surface area contributed by atoms with Crippen molar-refractivity contribution in [1.82, 2.24) is 34.9 Å². The van der Waals surface area contributed by atoms with Crippen molar-refractivity contribution in [3.05, 3.63) is 35.5 Å². The number of amides is 1. The predicted molar refractivity (Wildman–Crippen MR) is 111 cm³/mol. The van der Waals surface area contributed by atoms with E-state index in [1.165, 1.54) is 10.7 Å². The van der Waals surface area contributed by atoms with Crippen molar-refractivity contribution in [2.75, 3.05) is 24.3 Å². The highest BCUT2D eigenvalue weighted by Crippen LogP contribution is 2.28. The third-order valence-corrected chi connectivity index (χ3v) is 4.86. The van der Waals surface area contributed by atoms with Gasteiger partial charge in [-0.15, -0.1) is 5.10 Å². The smallest absolute Gasteiger partial charge is 0.257 e. The summed E-state index contributed by atoms with van der Waals surface area (Å²) in [4.78, 5) is 17.4. The maximum absolute atomic E-state index is 12.8. The topological polar surface area (TPSA) is 123 Å². The van der Waals surface area contributed by atoms with Crippen LogP contribution in [0.2, 0.25) is 0 Å². The minimum Gasteiger partial charge on any atom is -0.375 e. The highest BCUT2D eigenvalue weighted by atomic mass is 16.5. The Morgan fingerprint density at radius 3 is 3.10 bits per heavy atom. The van der Waals surface area contributed by atoms with Gasteiger partial charge in [0.05, 0.1) is 30.6 Å². The van der Waals surface area contributed by atoms with Crippen LogP contribution in [0.1, 0.15) is 27.0 Å². The van der Waals surface area contributed by atoms with E-state index in [4.69, 9.17) is 8.85 Å². The van der Waals surface area contributed by atoms with Gasteiger partial charge in [0, 0.05) is 30.2 Å². The molecule has 0 aliphatic carbocycles. The first-order valence-corrected chi connectivity index (χ1v) is 9.35. The first kappa shape index (κ1) is 15.2. The summed E-state index contributed by atoms with van der Waals surface area (Å²) in [6.07, 6.45) is 1.46. The fourth-order valence-electron chi connectivity index (χ4n) is 3.46. The number of hydrogen-bond acceptors (Lipinski definition) is 8. The van der Waals surface area contributed by atoms with Gasteiger partial charge in [0.2, 0.25) is 0 Å². The number of nitrogens with zero attached hydrogens (tertiary/aromatic N) is 6. The van der Waals surface area contributed by atoms with Crippen LogP contribution in [0.15, 0.2) is 24.4 Å². The monoisotopic (exact) mass is 410 g/mol. The zero-order chi connectivity index (χ0) is 23.3. The fraction of sp³-hybridized carbons (Fsp3) is 0.316. The molecule has 4 bridgehead atoms. The van der Waals surface area contributed by atoms with E-state index < -0.39 is 6.98 Å². The number of anilines is 3. The van der Waals surface area contributed by atoms with Gasteiger partial charge < -0.3 is 20.7 Å². The predicted octanol–water partition coefficient (Wildman–Crippen LogP) is 1.44. The molecule has 1 amide bonds. The average molecular weight is 410 g/mol. The van der Waals surface area contributed by atoms with E-state index in [-0.39, 0.29) is 25.2 Å². The Hall–Kier alpha value is -3.73. The summed E-state index contributed by atoms with van der Waals surface area (Å²) in [6.45, 7) is -0.210. The molecule has 1 aromatic carbocycles. The fourth-order valence-corrected chi connectivity index (χ4v) is 3.46. The second-order valence-electron chi connectivity index (χ2n) is 7.10. The van der Waals surface area contributed by atoms with Gasteiger partial charge in [0.1, 0.15) is 22.7 Å². The lowest BCUT2D eigenvalue weighted by atomic mass is 10.1. The minimum absolute atomic E-state index is 0.199. The van der Waals surface area contributed by atoms with Gasteiger partial charge in [-0.05, 0) is 24.6 Å². The highest BCUT2D eigenvalue weighted by Gasteiger charge is 2.20. The Balaban J connectivity index is 1.73. The molecular formula is C19H21N9O2. The minimum atomic E-state index is -2.49. The molecule has 30 heavy (non-hydrogen) atoms. The van der Waals surface area contributed by atoms with E-state index in [1.807, 2.05) is 13.0 Å². The van der Waals surface area contributed by atoms with Gasteiger partial charge in [-0.2, -0.15) is 9.61 Å². The van der Waals surface area contributed by atoms with Crippen molar-refractivity contribution in [2.24, 2.45) is 6.98 Å². The van der Waals surface area contributed by atoms with Crippen LogP contribution in [0.5, 0.6) is 0 Å². The number of rotatable bonds is 1. The van der Waals surface area contributed by atoms with E-state index in [0.29, 0.717) is 45.1 Å². The number of fused-ring (bicyclic) bond motifs is 5. The molecule has 1 aliphatic rings. The molecular weight excluding hydrogens is 386 g/mol. The zero-order valence-corrected chi connectivity index (χ0v) is 16.3. The second kappa shape index (κ2) is 6.95. The van der Waals surface area contributed by atoms with Crippen LogP contribution in [0.3, 0.4) is 0 Å². The molecule has 154 valence electrons. The largest absolute Gasteiger partial charge is 0.375 e. The first-order chi connectivity index (χ1) is 15.7. The van der Waals surface area contributed by atoms with E-state index in [1.54, 1.807) is 19.2 Å². The second-order valence-corrected chi connectivity index (χ2v) is 7.10. The number of carbonyl (C=O) groups is 1. The van der Waals surface area contributed by atoms with E-state index >= 15 is 0 Å². The van der Waals surface area contributed by atoms with Crippen LogP contribution in [-0.4, -0.2) is 55.2 Å². The first-order valence-electron chi connectivity index (χ1n) is 10.9. The molecule has 5 rings (SSSR count). The van der Waals surface area contributed by atoms with Gasteiger partial charge in [0.15, 0.2) is 5.65 Å². The number of carbonyl (C=O) groups excluding carboxylic acids is 1. The maximum atomic E-state index is 12.8. The van der Waals surface area contributed by atoms with Gasteiger partial charge in [-0.25, -0.2) is 9.67 Å². The van der Waals surface area contributed by atoms with Crippen molar-refractivity contribution >= 4 is 39.9 Å². The summed E-state index contributed by atoms with van der Waals surface area (Å²) >= 11 is 0. The summed E-state index contributed by atoms with van der Waals surface area (Å²) in [7, 11) is 1.73. The average Bonchev–Trinajstić information content (AvgIpc) is 3.37. The number of aryl methyl sites for hydroxylation is 1.